The number of hydrogen-bond acceptors (Lipinski definition) is 6. The van der Waals surface area contributed by atoms with Gasteiger partial charge in [0.2, 0.25) is 5.91 Å². The van der Waals surface area contributed by atoms with E-state index in [-0.39, 0.29) is 18.4 Å². The molecule has 1 aromatic heterocycles. The van der Waals surface area contributed by atoms with Crippen molar-refractivity contribution in [1.29, 1.82) is 0 Å². The summed E-state index contributed by atoms with van der Waals surface area (Å²) < 4.78 is 7.62. The molecule has 0 spiro atoms. The van der Waals surface area contributed by atoms with Crippen molar-refractivity contribution in [1.82, 2.24) is 19.7 Å². The number of ether oxygens (including phenoxy) is 1. The van der Waals surface area contributed by atoms with Crippen LogP contribution in [0.4, 0.5) is 11.4 Å². The molecule has 1 fully saturated rings. The van der Waals surface area contributed by atoms with E-state index in [4.69, 9.17) is 16.3 Å². The van der Waals surface area contributed by atoms with E-state index in [9.17, 15) is 9.59 Å². The van der Waals surface area contributed by atoms with Gasteiger partial charge in [0.15, 0.2) is 6.10 Å². The Bertz CT molecular complexity index is 1180. The second-order valence-corrected chi connectivity index (χ2v) is 8.83. The maximum absolute atomic E-state index is 13.1. The third kappa shape index (κ3) is 4.70. The maximum atomic E-state index is 13.1. The molecule has 2 aliphatic heterocycles. The number of carbonyl (C=O) groups is 2. The van der Waals surface area contributed by atoms with Crippen molar-refractivity contribution >= 4 is 34.8 Å². The highest BCUT2D eigenvalue weighted by molar-refractivity contribution is 6.31. The number of carbonyl (C=O) groups excluding carboxylic acids is 2. The monoisotopic (exact) mass is 480 g/mol. The fourth-order valence-corrected chi connectivity index (χ4v) is 4.58. The number of rotatable bonds is 5. The lowest BCUT2D eigenvalue weighted by Crippen LogP contribution is -2.52. The van der Waals surface area contributed by atoms with Gasteiger partial charge >= 0.3 is 0 Å². The molecule has 1 N–H and O–H groups in total. The average Bonchev–Trinajstić information content (AvgIpc) is 3.39. The predicted octanol–water partition coefficient (Wildman–Crippen LogP) is 3.14. The van der Waals surface area contributed by atoms with E-state index >= 15 is 0 Å². The topological polar surface area (TPSA) is 92.6 Å². The molecule has 176 valence electrons. The average molecular weight is 481 g/mol. The van der Waals surface area contributed by atoms with Crippen molar-refractivity contribution in [3.8, 4) is 11.4 Å². The van der Waals surface area contributed by atoms with E-state index in [1.807, 2.05) is 34.1 Å². The minimum Gasteiger partial charge on any atom is -0.477 e. The summed E-state index contributed by atoms with van der Waals surface area (Å²) in [6.07, 6.45) is 5.48. The van der Waals surface area contributed by atoms with Gasteiger partial charge in [-0.3, -0.25) is 9.59 Å². The van der Waals surface area contributed by atoms with Crippen LogP contribution in [0.15, 0.2) is 55.1 Å². The van der Waals surface area contributed by atoms with Gasteiger partial charge in [-0.25, -0.2) is 9.67 Å². The van der Waals surface area contributed by atoms with Crippen LogP contribution in [0.3, 0.4) is 0 Å². The van der Waals surface area contributed by atoms with Crippen molar-refractivity contribution in [2.24, 2.45) is 0 Å². The maximum Gasteiger partial charge on any atom is 0.265 e. The zero-order valence-corrected chi connectivity index (χ0v) is 19.3. The van der Waals surface area contributed by atoms with Crippen molar-refractivity contribution < 1.29 is 14.3 Å². The summed E-state index contributed by atoms with van der Waals surface area (Å²) in [4.78, 5) is 34.0. The van der Waals surface area contributed by atoms with Crippen LogP contribution in [0.5, 0.6) is 5.75 Å². The summed E-state index contributed by atoms with van der Waals surface area (Å²) in [6.45, 7) is 1.85. The number of para-hydroxylation sites is 2. The molecule has 0 bridgehead atoms. The molecule has 9 nitrogen and oxygen atoms in total. The Morgan fingerprint density at radius 2 is 1.91 bits per heavy atom. The number of amides is 2. The SMILES string of the molecule is O=C(CN1CC(C(=O)N2CCCCC2)Oc2ccccc21)Nc1cc(Cl)ccc1-n1cncn1. The lowest BCUT2D eigenvalue weighted by atomic mass is 10.1. The molecular weight excluding hydrogens is 456 g/mol. The zero-order chi connectivity index (χ0) is 23.5. The molecule has 0 saturated carbocycles. The number of hydrogen-bond donors (Lipinski definition) is 1. The normalized spacial score (nSPS) is 17.6. The van der Waals surface area contributed by atoms with Gasteiger partial charge < -0.3 is 19.9 Å². The summed E-state index contributed by atoms with van der Waals surface area (Å²) in [5, 5.41) is 7.57. The van der Waals surface area contributed by atoms with Gasteiger partial charge in [-0.1, -0.05) is 23.7 Å². The van der Waals surface area contributed by atoms with Crippen molar-refractivity contribution in [3.05, 3.63) is 60.1 Å². The highest BCUT2D eigenvalue weighted by Crippen LogP contribution is 2.34. The van der Waals surface area contributed by atoms with Gasteiger partial charge in [0.25, 0.3) is 5.91 Å². The summed E-state index contributed by atoms with van der Waals surface area (Å²) in [7, 11) is 0. The standard InChI is InChI=1S/C24H25ClN6O3/c25-17-8-9-19(31-16-26-15-27-31)18(12-17)28-23(32)14-30-13-22(24(33)29-10-4-1-5-11-29)34-21-7-3-2-6-20(21)30/h2-3,6-9,12,15-16,22H,1,4-5,10-11,13-14H2,(H,28,32). The Labute approximate surface area is 202 Å². The summed E-state index contributed by atoms with van der Waals surface area (Å²) in [6, 6.07) is 12.6. The molecule has 0 radical (unpaired) electrons. The van der Waals surface area contributed by atoms with Crippen LogP contribution in [0, 0.1) is 0 Å². The van der Waals surface area contributed by atoms with E-state index in [0.717, 1.165) is 38.0 Å². The van der Waals surface area contributed by atoms with Crippen LogP contribution < -0.4 is 15.0 Å². The van der Waals surface area contributed by atoms with Crippen LogP contribution in [-0.2, 0) is 9.59 Å². The Balaban J connectivity index is 1.34. The minimum absolute atomic E-state index is 0.0251. The summed E-state index contributed by atoms with van der Waals surface area (Å²) in [5.41, 5.74) is 1.95. The Kier molecular flexibility index (Phi) is 6.35. The molecule has 1 unspecified atom stereocenters. The van der Waals surface area contributed by atoms with Crippen LogP contribution in [0.2, 0.25) is 5.02 Å². The van der Waals surface area contributed by atoms with Gasteiger partial charge in [0.1, 0.15) is 18.4 Å². The molecule has 0 aliphatic carbocycles. The van der Waals surface area contributed by atoms with Gasteiger partial charge in [-0.15, -0.1) is 0 Å². The summed E-state index contributed by atoms with van der Waals surface area (Å²) in [5.74, 6) is 0.329. The van der Waals surface area contributed by atoms with Crippen LogP contribution in [0.1, 0.15) is 19.3 Å². The lowest BCUT2D eigenvalue weighted by Gasteiger charge is -2.38. The molecule has 2 aromatic carbocycles. The van der Waals surface area contributed by atoms with Gasteiger partial charge in [0.05, 0.1) is 30.2 Å². The van der Waals surface area contributed by atoms with Gasteiger partial charge in [-0.2, -0.15) is 5.10 Å². The van der Waals surface area contributed by atoms with Crippen molar-refractivity contribution in [3.63, 3.8) is 0 Å². The fraction of sp³-hybridized carbons (Fsp3) is 0.333. The van der Waals surface area contributed by atoms with E-state index in [2.05, 4.69) is 15.4 Å². The van der Waals surface area contributed by atoms with Crippen LogP contribution in [0.25, 0.3) is 5.69 Å². The van der Waals surface area contributed by atoms with Crippen LogP contribution >= 0.6 is 11.6 Å². The fourth-order valence-electron chi connectivity index (χ4n) is 4.41. The molecular formula is C24H25ClN6O3. The quantitative estimate of drug-likeness (QED) is 0.603. The molecule has 2 amide bonds. The van der Waals surface area contributed by atoms with E-state index in [1.165, 1.54) is 6.33 Å². The number of aromatic nitrogens is 3. The number of piperidine rings is 1. The molecule has 1 atom stereocenters. The van der Waals surface area contributed by atoms with Gasteiger partial charge in [-0.05, 0) is 49.6 Å². The van der Waals surface area contributed by atoms with E-state index in [0.29, 0.717) is 28.7 Å². The Morgan fingerprint density at radius 3 is 2.71 bits per heavy atom. The van der Waals surface area contributed by atoms with Crippen molar-refractivity contribution in [2.75, 3.05) is 36.4 Å². The molecule has 3 aromatic rings. The smallest absolute Gasteiger partial charge is 0.265 e. The van der Waals surface area contributed by atoms with E-state index in [1.54, 1.807) is 29.2 Å². The Morgan fingerprint density at radius 1 is 1.09 bits per heavy atom. The number of anilines is 2. The predicted molar refractivity (Wildman–Crippen MR) is 129 cm³/mol. The number of halogens is 1. The minimum atomic E-state index is -0.655. The third-order valence-corrected chi connectivity index (χ3v) is 6.27. The molecule has 34 heavy (non-hydrogen) atoms. The number of nitrogens with one attached hydrogen (secondary N) is 1. The summed E-state index contributed by atoms with van der Waals surface area (Å²) >= 11 is 6.18. The first-order valence-electron chi connectivity index (χ1n) is 11.3. The Hall–Kier alpha value is -3.59. The number of fused-ring (bicyclic) bond motifs is 1. The van der Waals surface area contributed by atoms with E-state index < -0.39 is 6.10 Å². The largest absolute Gasteiger partial charge is 0.477 e. The molecule has 2 aliphatic rings. The van der Waals surface area contributed by atoms with Crippen LogP contribution in [-0.4, -0.2) is 63.8 Å². The first kappa shape index (κ1) is 22.2. The molecule has 10 heteroatoms. The van der Waals surface area contributed by atoms with Crippen molar-refractivity contribution in [2.45, 2.75) is 25.4 Å². The number of nitrogens with zero attached hydrogens (tertiary/aromatic N) is 5. The van der Waals surface area contributed by atoms with Gasteiger partial charge in [0, 0.05) is 18.1 Å². The molecule has 5 rings (SSSR count). The molecule has 3 heterocycles. The first-order chi connectivity index (χ1) is 16.6. The highest BCUT2D eigenvalue weighted by atomic mass is 35.5. The number of likely N-dealkylation sites (tertiary alicyclic amines) is 1. The zero-order valence-electron chi connectivity index (χ0n) is 18.6. The molecule has 1 saturated heterocycles. The third-order valence-electron chi connectivity index (χ3n) is 6.04. The second-order valence-electron chi connectivity index (χ2n) is 8.39. The second kappa shape index (κ2) is 9.72. The highest BCUT2D eigenvalue weighted by Gasteiger charge is 2.34. The lowest BCUT2D eigenvalue weighted by molar-refractivity contribution is -0.139. The first-order valence-corrected chi connectivity index (χ1v) is 11.7. The number of benzene rings is 2.